The second-order valence-corrected chi connectivity index (χ2v) is 5.71. The molecular weight excluding hydrogens is 264 g/mol. The van der Waals surface area contributed by atoms with Crippen LogP contribution < -0.4 is 10.6 Å². The van der Waals surface area contributed by atoms with Gasteiger partial charge in [0.05, 0.1) is 6.54 Å². The van der Waals surface area contributed by atoms with E-state index in [1.54, 1.807) is 0 Å². The van der Waals surface area contributed by atoms with E-state index in [1.165, 1.54) is 23.2 Å². The third kappa shape index (κ3) is 3.88. The predicted molar refractivity (Wildman–Crippen MR) is 64.6 cm³/mol. The Balaban J connectivity index is 3.19. The Labute approximate surface area is 105 Å². The molecule has 0 aliphatic carbocycles. The fourth-order valence-electron chi connectivity index (χ4n) is 1.52. The minimum Gasteiger partial charge on any atom is -0.349 e. The third-order valence-electron chi connectivity index (χ3n) is 2.21. The number of halogens is 2. The maximum atomic E-state index is 12.5. The molecule has 0 saturated carbocycles. The molecule has 0 bridgehead atoms. The van der Waals surface area contributed by atoms with Gasteiger partial charge in [-0.3, -0.25) is 0 Å². The number of nitrogens with zero attached hydrogens (tertiary/aromatic N) is 2. The largest absolute Gasteiger partial charge is 0.349 e. The number of hydrogen-bond donors (Lipinski definition) is 1. The zero-order valence-electron chi connectivity index (χ0n) is 9.88. The summed E-state index contributed by atoms with van der Waals surface area (Å²) in [5.74, 6) is 0.0192. The predicted octanol–water partition coefficient (Wildman–Crippen LogP) is 0.515. The fourth-order valence-corrected chi connectivity index (χ4v) is 2.35. The van der Waals surface area contributed by atoms with E-state index in [4.69, 9.17) is 5.73 Å². The first-order valence-electron chi connectivity index (χ1n) is 5.24. The molecule has 5 nitrogen and oxygen atoms in total. The summed E-state index contributed by atoms with van der Waals surface area (Å²) in [7, 11) is -3.52. The second-order valence-electron chi connectivity index (χ2n) is 3.72. The SMILES string of the molecule is CS(=O)(=O)c1cccnc1N(CCN)CC(F)F. The van der Waals surface area contributed by atoms with Crippen molar-refractivity contribution in [3.8, 4) is 0 Å². The highest BCUT2D eigenvalue weighted by Gasteiger charge is 2.21. The lowest BCUT2D eigenvalue weighted by Crippen LogP contribution is -2.35. The first kappa shape index (κ1) is 14.8. The van der Waals surface area contributed by atoms with E-state index in [0.29, 0.717) is 0 Å². The van der Waals surface area contributed by atoms with Gasteiger partial charge in [-0.2, -0.15) is 0 Å². The van der Waals surface area contributed by atoms with Crippen molar-refractivity contribution < 1.29 is 17.2 Å². The van der Waals surface area contributed by atoms with Gasteiger partial charge in [0.15, 0.2) is 9.84 Å². The molecule has 1 rings (SSSR count). The molecule has 0 spiro atoms. The molecule has 102 valence electrons. The topological polar surface area (TPSA) is 76.3 Å². The summed E-state index contributed by atoms with van der Waals surface area (Å²) in [5, 5.41) is 0. The number of hydrogen-bond acceptors (Lipinski definition) is 5. The van der Waals surface area contributed by atoms with Crippen molar-refractivity contribution in [2.24, 2.45) is 5.73 Å². The molecule has 0 fully saturated rings. The van der Waals surface area contributed by atoms with Crippen LogP contribution in [0.25, 0.3) is 0 Å². The monoisotopic (exact) mass is 279 g/mol. The normalized spacial score (nSPS) is 11.8. The summed E-state index contributed by atoms with van der Waals surface area (Å²) in [6, 6.07) is 2.79. The van der Waals surface area contributed by atoms with Gasteiger partial charge in [-0.05, 0) is 12.1 Å². The summed E-state index contributed by atoms with van der Waals surface area (Å²) < 4.78 is 48.1. The minimum absolute atomic E-state index is 0.0192. The van der Waals surface area contributed by atoms with E-state index in [1.807, 2.05) is 0 Å². The van der Waals surface area contributed by atoms with Crippen molar-refractivity contribution >= 4 is 15.7 Å². The second kappa shape index (κ2) is 6.05. The Morgan fingerprint density at radius 1 is 1.50 bits per heavy atom. The van der Waals surface area contributed by atoms with E-state index in [2.05, 4.69) is 4.98 Å². The summed E-state index contributed by atoms with van der Waals surface area (Å²) in [6.07, 6.45) is -0.221. The number of alkyl halides is 2. The average Bonchev–Trinajstić information content (AvgIpc) is 2.27. The van der Waals surface area contributed by atoms with Gasteiger partial charge in [0.25, 0.3) is 6.43 Å². The van der Waals surface area contributed by atoms with E-state index in [-0.39, 0.29) is 23.8 Å². The van der Waals surface area contributed by atoms with E-state index >= 15 is 0 Å². The van der Waals surface area contributed by atoms with Crippen LogP contribution in [0.1, 0.15) is 0 Å². The molecule has 0 saturated heterocycles. The quantitative estimate of drug-likeness (QED) is 0.821. The Hall–Kier alpha value is -1.28. The van der Waals surface area contributed by atoms with E-state index < -0.39 is 22.8 Å². The van der Waals surface area contributed by atoms with E-state index in [9.17, 15) is 17.2 Å². The van der Waals surface area contributed by atoms with Crippen LogP contribution in [-0.2, 0) is 9.84 Å². The molecule has 0 radical (unpaired) electrons. The van der Waals surface area contributed by atoms with Gasteiger partial charge in [0, 0.05) is 25.5 Å². The van der Waals surface area contributed by atoms with Gasteiger partial charge in [0.1, 0.15) is 10.7 Å². The van der Waals surface area contributed by atoms with Crippen molar-refractivity contribution in [3.05, 3.63) is 18.3 Å². The van der Waals surface area contributed by atoms with Crippen molar-refractivity contribution in [1.29, 1.82) is 0 Å². The highest BCUT2D eigenvalue weighted by Crippen LogP contribution is 2.22. The van der Waals surface area contributed by atoms with Crippen molar-refractivity contribution in [3.63, 3.8) is 0 Å². The molecule has 2 N–H and O–H groups in total. The van der Waals surface area contributed by atoms with Crippen LogP contribution in [0.2, 0.25) is 0 Å². The Bertz CT molecular complexity index is 494. The Kier molecular flexibility index (Phi) is 4.97. The standard InChI is InChI=1S/C10H15F2N3O2S/c1-18(16,17)8-3-2-5-14-10(8)15(6-4-13)7-9(11)12/h2-3,5,9H,4,6-7,13H2,1H3. The Morgan fingerprint density at radius 3 is 2.67 bits per heavy atom. The first-order chi connectivity index (χ1) is 8.36. The molecule has 1 aromatic rings. The van der Waals surface area contributed by atoms with Crippen molar-refractivity contribution in [2.45, 2.75) is 11.3 Å². The van der Waals surface area contributed by atoms with Crippen LogP contribution >= 0.6 is 0 Å². The van der Waals surface area contributed by atoms with Gasteiger partial charge in [-0.15, -0.1) is 0 Å². The molecule has 0 atom stereocenters. The van der Waals surface area contributed by atoms with Gasteiger partial charge >= 0.3 is 0 Å². The van der Waals surface area contributed by atoms with Crippen LogP contribution in [0.5, 0.6) is 0 Å². The zero-order chi connectivity index (χ0) is 13.8. The molecule has 1 heterocycles. The molecule has 0 aromatic carbocycles. The zero-order valence-corrected chi connectivity index (χ0v) is 10.7. The van der Waals surface area contributed by atoms with Crippen LogP contribution in [0.4, 0.5) is 14.6 Å². The summed E-state index contributed by atoms with van der Waals surface area (Å²) in [4.78, 5) is 4.99. The van der Waals surface area contributed by atoms with Gasteiger partial charge < -0.3 is 10.6 Å². The van der Waals surface area contributed by atoms with Crippen molar-refractivity contribution in [2.75, 3.05) is 30.8 Å². The summed E-state index contributed by atoms with van der Waals surface area (Å²) in [5.41, 5.74) is 5.34. The molecular formula is C10H15F2N3O2S. The molecule has 8 heteroatoms. The number of aromatic nitrogens is 1. The van der Waals surface area contributed by atoms with Crippen molar-refractivity contribution in [1.82, 2.24) is 4.98 Å². The molecule has 0 amide bonds. The molecule has 0 unspecified atom stereocenters. The summed E-state index contributed by atoms with van der Waals surface area (Å²) >= 11 is 0. The average molecular weight is 279 g/mol. The maximum absolute atomic E-state index is 12.5. The Morgan fingerprint density at radius 2 is 2.17 bits per heavy atom. The number of sulfone groups is 1. The van der Waals surface area contributed by atoms with Gasteiger partial charge in [-0.1, -0.05) is 0 Å². The third-order valence-corrected chi connectivity index (χ3v) is 3.32. The number of rotatable bonds is 6. The number of nitrogens with two attached hydrogens (primary N) is 1. The number of anilines is 1. The molecule has 0 aliphatic heterocycles. The maximum Gasteiger partial charge on any atom is 0.255 e. The van der Waals surface area contributed by atoms with Crippen LogP contribution in [0, 0.1) is 0 Å². The van der Waals surface area contributed by atoms with Gasteiger partial charge in [0.2, 0.25) is 0 Å². The fraction of sp³-hybridized carbons (Fsp3) is 0.500. The highest BCUT2D eigenvalue weighted by molar-refractivity contribution is 7.90. The molecule has 0 aliphatic rings. The molecule has 18 heavy (non-hydrogen) atoms. The van der Waals surface area contributed by atoms with Crippen LogP contribution in [-0.4, -0.2) is 45.7 Å². The first-order valence-corrected chi connectivity index (χ1v) is 7.13. The lowest BCUT2D eigenvalue weighted by molar-refractivity contribution is 0.154. The lowest BCUT2D eigenvalue weighted by Gasteiger charge is -2.24. The summed E-state index contributed by atoms with van der Waals surface area (Å²) in [6.45, 7) is -0.354. The van der Waals surface area contributed by atoms with Gasteiger partial charge in [-0.25, -0.2) is 22.2 Å². The van der Waals surface area contributed by atoms with E-state index in [0.717, 1.165) is 6.26 Å². The lowest BCUT2D eigenvalue weighted by atomic mass is 10.4. The van der Waals surface area contributed by atoms with Crippen LogP contribution in [0.15, 0.2) is 23.2 Å². The molecule has 1 aromatic heterocycles. The highest BCUT2D eigenvalue weighted by atomic mass is 32.2. The van der Waals surface area contributed by atoms with Crippen LogP contribution in [0.3, 0.4) is 0 Å². The number of pyridine rings is 1. The minimum atomic E-state index is -3.52. The smallest absolute Gasteiger partial charge is 0.255 e.